The van der Waals surface area contributed by atoms with Crippen LogP contribution in [0.15, 0.2) is 18.3 Å². The summed E-state index contributed by atoms with van der Waals surface area (Å²) in [5.74, 6) is -0.473. The second-order valence-corrected chi connectivity index (χ2v) is 3.96. The zero-order chi connectivity index (χ0) is 13.1. The molecule has 0 amide bonds. The van der Waals surface area contributed by atoms with E-state index in [-0.39, 0.29) is 6.61 Å². The highest BCUT2D eigenvalue weighted by molar-refractivity contribution is 6.00. The number of aliphatic hydroxyl groups is 1. The maximum Gasteiger partial charge on any atom is 0.340 e. The molecule has 0 fully saturated rings. The van der Waals surface area contributed by atoms with E-state index in [1.807, 2.05) is 6.20 Å². The van der Waals surface area contributed by atoms with E-state index in [0.717, 1.165) is 5.39 Å². The fourth-order valence-corrected chi connectivity index (χ4v) is 1.77. The molecule has 1 aromatic carbocycles. The van der Waals surface area contributed by atoms with Crippen molar-refractivity contribution in [3.63, 3.8) is 0 Å². The third kappa shape index (κ3) is 2.28. The highest BCUT2D eigenvalue weighted by Gasteiger charge is 2.12. The smallest absolute Gasteiger partial charge is 0.340 e. The summed E-state index contributed by atoms with van der Waals surface area (Å²) in [4.78, 5) is 11.5. The van der Waals surface area contributed by atoms with Crippen molar-refractivity contribution in [2.45, 2.75) is 13.0 Å². The van der Waals surface area contributed by atoms with Crippen LogP contribution in [0.2, 0.25) is 0 Å². The fourth-order valence-electron chi connectivity index (χ4n) is 1.77. The number of aliphatic hydroxyl groups excluding tert-OH is 1. The molecular weight excluding hydrogens is 234 g/mol. The summed E-state index contributed by atoms with van der Waals surface area (Å²) < 4.78 is 6.37. The zero-order valence-corrected chi connectivity index (χ0v) is 10.1. The number of nitrogens with two attached hydrogens (primary N) is 1. The Labute approximate surface area is 104 Å². The first kappa shape index (κ1) is 12.4. The molecule has 6 heteroatoms. The third-order valence-corrected chi connectivity index (χ3v) is 2.67. The van der Waals surface area contributed by atoms with E-state index in [1.54, 1.807) is 16.8 Å². The minimum Gasteiger partial charge on any atom is -0.465 e. The average Bonchev–Trinajstić information content (AvgIpc) is 2.76. The van der Waals surface area contributed by atoms with Crippen molar-refractivity contribution in [1.29, 1.82) is 0 Å². The van der Waals surface area contributed by atoms with E-state index in [1.165, 1.54) is 7.11 Å². The number of hydrogen-bond acceptors (Lipinski definition) is 5. The minimum absolute atomic E-state index is 0.117. The van der Waals surface area contributed by atoms with E-state index in [9.17, 15) is 4.79 Å². The van der Waals surface area contributed by atoms with Gasteiger partial charge in [0.2, 0.25) is 0 Å². The van der Waals surface area contributed by atoms with Gasteiger partial charge in [0.15, 0.2) is 0 Å². The number of benzene rings is 1. The predicted molar refractivity (Wildman–Crippen MR) is 67.2 cm³/mol. The molecule has 0 aliphatic rings. The molecule has 0 bridgehead atoms. The van der Waals surface area contributed by atoms with Gasteiger partial charge in [-0.1, -0.05) is 0 Å². The number of carbonyl (C=O) groups is 1. The number of nitrogen functional groups attached to an aromatic ring is 1. The lowest BCUT2D eigenvalue weighted by molar-refractivity contribution is 0.0602. The van der Waals surface area contributed by atoms with Gasteiger partial charge in [-0.15, -0.1) is 0 Å². The molecule has 18 heavy (non-hydrogen) atoms. The Hall–Kier alpha value is -2.08. The minimum atomic E-state index is -0.473. The summed E-state index contributed by atoms with van der Waals surface area (Å²) in [5.41, 5.74) is 7.17. The molecule has 96 valence electrons. The molecule has 2 rings (SSSR count). The summed E-state index contributed by atoms with van der Waals surface area (Å²) in [7, 11) is 1.31. The monoisotopic (exact) mass is 249 g/mol. The average molecular weight is 249 g/mol. The number of anilines is 1. The number of ether oxygens (including phenoxy) is 1. The molecule has 0 saturated heterocycles. The molecule has 3 N–H and O–H groups in total. The van der Waals surface area contributed by atoms with E-state index in [4.69, 9.17) is 10.8 Å². The maximum absolute atomic E-state index is 11.5. The van der Waals surface area contributed by atoms with Crippen molar-refractivity contribution < 1.29 is 14.6 Å². The lowest BCUT2D eigenvalue weighted by Gasteiger charge is -2.02. The number of rotatable bonds is 4. The summed E-state index contributed by atoms with van der Waals surface area (Å²) in [6.45, 7) is 0.740. The van der Waals surface area contributed by atoms with Gasteiger partial charge >= 0.3 is 5.97 Å². The van der Waals surface area contributed by atoms with Gasteiger partial charge in [0.1, 0.15) is 0 Å². The zero-order valence-electron chi connectivity index (χ0n) is 10.1. The topological polar surface area (TPSA) is 90.4 Å². The van der Waals surface area contributed by atoms with E-state index in [0.29, 0.717) is 29.7 Å². The summed E-state index contributed by atoms with van der Waals surface area (Å²) in [6.07, 6.45) is 2.47. The van der Waals surface area contributed by atoms with E-state index < -0.39 is 5.97 Å². The Kier molecular flexibility index (Phi) is 3.47. The van der Waals surface area contributed by atoms with Gasteiger partial charge in [-0.2, -0.15) is 5.10 Å². The molecule has 0 radical (unpaired) electrons. The third-order valence-electron chi connectivity index (χ3n) is 2.67. The molecule has 1 heterocycles. The molecule has 6 nitrogen and oxygen atoms in total. The quantitative estimate of drug-likeness (QED) is 0.617. The number of esters is 1. The van der Waals surface area contributed by atoms with Gasteiger partial charge in [-0.3, -0.25) is 4.68 Å². The number of fused-ring (bicyclic) bond motifs is 1. The van der Waals surface area contributed by atoms with E-state index in [2.05, 4.69) is 9.84 Å². The fraction of sp³-hybridized carbons (Fsp3) is 0.333. The van der Waals surface area contributed by atoms with Crippen LogP contribution in [0, 0.1) is 0 Å². The van der Waals surface area contributed by atoms with Gasteiger partial charge in [-0.25, -0.2) is 4.79 Å². The molecule has 0 aliphatic heterocycles. The molecule has 0 saturated carbocycles. The van der Waals surface area contributed by atoms with Crippen LogP contribution in [0.25, 0.3) is 10.9 Å². The van der Waals surface area contributed by atoms with Crippen LogP contribution in [-0.4, -0.2) is 34.6 Å². The summed E-state index contributed by atoms with van der Waals surface area (Å²) >= 11 is 0. The molecule has 1 aromatic heterocycles. The molecule has 2 aromatic rings. The Bertz CT molecular complexity index is 577. The number of hydrogen-bond donors (Lipinski definition) is 2. The van der Waals surface area contributed by atoms with Crippen LogP contribution in [0.3, 0.4) is 0 Å². The molecular formula is C12H15N3O3. The van der Waals surface area contributed by atoms with Crippen LogP contribution in [-0.2, 0) is 11.3 Å². The van der Waals surface area contributed by atoms with Crippen LogP contribution >= 0.6 is 0 Å². The molecule has 0 unspecified atom stereocenters. The Balaban J connectivity index is 2.41. The summed E-state index contributed by atoms with van der Waals surface area (Å²) in [6, 6.07) is 3.32. The van der Waals surface area contributed by atoms with Gasteiger partial charge in [0.25, 0.3) is 0 Å². The highest BCUT2D eigenvalue weighted by Crippen LogP contribution is 2.21. The van der Waals surface area contributed by atoms with Crippen LogP contribution in [0.5, 0.6) is 0 Å². The van der Waals surface area contributed by atoms with Crippen LogP contribution < -0.4 is 5.73 Å². The number of nitrogens with zero attached hydrogens (tertiary/aromatic N) is 2. The molecule has 0 atom stereocenters. The van der Waals surface area contributed by atoms with Crippen molar-refractivity contribution in [3.05, 3.63) is 23.9 Å². The van der Waals surface area contributed by atoms with E-state index >= 15 is 0 Å². The van der Waals surface area contributed by atoms with Crippen molar-refractivity contribution in [2.24, 2.45) is 0 Å². The predicted octanol–water partition coefficient (Wildman–Crippen LogP) is 0.788. The first-order valence-corrected chi connectivity index (χ1v) is 5.61. The highest BCUT2D eigenvalue weighted by atomic mass is 16.5. The van der Waals surface area contributed by atoms with Crippen molar-refractivity contribution >= 4 is 22.6 Å². The maximum atomic E-state index is 11.5. The van der Waals surface area contributed by atoms with Crippen molar-refractivity contribution in [3.8, 4) is 0 Å². The lowest BCUT2D eigenvalue weighted by Crippen LogP contribution is -2.05. The SMILES string of the molecule is COC(=O)c1cc2nn(CCCO)cc2cc1N. The second-order valence-electron chi connectivity index (χ2n) is 3.96. The van der Waals surface area contributed by atoms with Crippen molar-refractivity contribution in [2.75, 3.05) is 19.5 Å². The molecule has 0 spiro atoms. The number of aryl methyl sites for hydroxylation is 1. The number of aromatic nitrogens is 2. The Morgan fingerprint density at radius 2 is 2.33 bits per heavy atom. The molecule has 0 aliphatic carbocycles. The largest absolute Gasteiger partial charge is 0.465 e. The van der Waals surface area contributed by atoms with Crippen LogP contribution in [0.1, 0.15) is 16.8 Å². The second kappa shape index (κ2) is 5.05. The van der Waals surface area contributed by atoms with Crippen LogP contribution in [0.4, 0.5) is 5.69 Å². The summed E-state index contributed by atoms with van der Waals surface area (Å²) in [5, 5.41) is 13.9. The van der Waals surface area contributed by atoms with Gasteiger partial charge in [0.05, 0.1) is 18.2 Å². The lowest BCUT2D eigenvalue weighted by atomic mass is 10.1. The van der Waals surface area contributed by atoms with Gasteiger partial charge in [-0.05, 0) is 18.6 Å². The Morgan fingerprint density at radius 3 is 3.00 bits per heavy atom. The van der Waals surface area contributed by atoms with Gasteiger partial charge < -0.3 is 15.6 Å². The number of carbonyl (C=O) groups excluding carboxylic acids is 1. The Morgan fingerprint density at radius 1 is 1.56 bits per heavy atom. The van der Waals surface area contributed by atoms with Crippen molar-refractivity contribution in [1.82, 2.24) is 9.78 Å². The first-order valence-electron chi connectivity index (χ1n) is 5.61. The standard InChI is InChI=1S/C12H15N3O3/c1-18-12(17)9-6-11-8(5-10(9)13)7-15(14-11)3-2-4-16/h5-7,16H,2-4,13H2,1H3. The number of methoxy groups -OCH3 is 1. The van der Waals surface area contributed by atoms with Gasteiger partial charge in [0, 0.05) is 30.4 Å². The normalized spacial score (nSPS) is 10.8. The first-order chi connectivity index (χ1) is 8.65.